The molecule has 0 fully saturated rings. The number of rotatable bonds is 6. The molecular weight excluding hydrogens is 308 g/mol. The van der Waals surface area contributed by atoms with Crippen LogP contribution in [0.1, 0.15) is 51.2 Å². The Labute approximate surface area is 141 Å². The zero-order valence-corrected chi connectivity index (χ0v) is 14.7. The van der Waals surface area contributed by atoms with Crippen molar-refractivity contribution in [2.75, 3.05) is 13.1 Å². The molecule has 0 atom stereocenters. The maximum Gasteiger partial charge on any atom is 0.410 e. The van der Waals surface area contributed by atoms with Gasteiger partial charge in [-0.2, -0.15) is 0 Å². The molecule has 2 rings (SSSR count). The number of fused-ring (bicyclic) bond motifs is 1. The van der Waals surface area contributed by atoms with Gasteiger partial charge in [0.25, 0.3) is 5.89 Å². The summed E-state index contributed by atoms with van der Waals surface area (Å²) in [6.07, 6.45) is 1.21. The Bertz CT molecular complexity index is 682. The summed E-state index contributed by atoms with van der Waals surface area (Å²) in [6, 6.07) is 7.17. The molecule has 6 nitrogen and oxygen atoms in total. The SMILES string of the molecule is CCCCN(CC(=O)c1nc2ccccc2o1)C(=O)OC(C)(C)C. The molecule has 0 radical (unpaired) electrons. The Hall–Kier alpha value is -2.37. The minimum absolute atomic E-state index is 0.0151. The highest BCUT2D eigenvalue weighted by molar-refractivity contribution is 5.96. The summed E-state index contributed by atoms with van der Waals surface area (Å²) in [5.74, 6) is -0.325. The van der Waals surface area contributed by atoms with Crippen molar-refractivity contribution in [2.24, 2.45) is 0 Å². The molecule has 1 amide bonds. The highest BCUT2D eigenvalue weighted by atomic mass is 16.6. The van der Waals surface area contributed by atoms with Crippen LogP contribution >= 0.6 is 0 Å². The molecule has 0 aliphatic carbocycles. The summed E-state index contributed by atoms with van der Waals surface area (Å²) in [4.78, 5) is 30.3. The average Bonchev–Trinajstić information content (AvgIpc) is 2.93. The first-order valence-electron chi connectivity index (χ1n) is 8.17. The van der Waals surface area contributed by atoms with Gasteiger partial charge in [0.1, 0.15) is 11.1 Å². The molecule has 0 aliphatic rings. The third-order valence-corrected chi connectivity index (χ3v) is 3.30. The molecule has 0 saturated heterocycles. The van der Waals surface area contributed by atoms with Crippen molar-refractivity contribution in [1.82, 2.24) is 9.88 Å². The van der Waals surface area contributed by atoms with Crippen molar-refractivity contribution in [3.8, 4) is 0 Å². The highest BCUT2D eigenvalue weighted by Gasteiger charge is 2.25. The lowest BCUT2D eigenvalue weighted by Crippen LogP contribution is -2.40. The lowest BCUT2D eigenvalue weighted by atomic mass is 10.2. The molecule has 130 valence electrons. The smallest absolute Gasteiger partial charge is 0.410 e. The number of ketones is 1. The van der Waals surface area contributed by atoms with E-state index in [-0.39, 0.29) is 18.2 Å². The van der Waals surface area contributed by atoms with Gasteiger partial charge >= 0.3 is 6.09 Å². The third kappa shape index (κ3) is 4.81. The van der Waals surface area contributed by atoms with Crippen LogP contribution in [-0.2, 0) is 4.74 Å². The van der Waals surface area contributed by atoms with Crippen molar-refractivity contribution in [1.29, 1.82) is 0 Å². The number of para-hydroxylation sites is 2. The number of oxazole rings is 1. The van der Waals surface area contributed by atoms with Crippen LogP contribution in [0.3, 0.4) is 0 Å². The van der Waals surface area contributed by atoms with Crippen molar-refractivity contribution in [3.63, 3.8) is 0 Å². The van der Waals surface area contributed by atoms with Gasteiger partial charge in [-0.05, 0) is 39.3 Å². The summed E-state index contributed by atoms with van der Waals surface area (Å²) in [7, 11) is 0. The molecule has 1 aromatic carbocycles. The summed E-state index contributed by atoms with van der Waals surface area (Å²) >= 11 is 0. The number of amides is 1. The number of nitrogens with zero attached hydrogens (tertiary/aromatic N) is 2. The summed E-state index contributed by atoms with van der Waals surface area (Å²) in [5.41, 5.74) is 0.568. The molecule has 0 saturated carbocycles. The second-order valence-corrected chi connectivity index (χ2v) is 6.67. The van der Waals surface area contributed by atoms with E-state index in [1.807, 2.05) is 19.1 Å². The number of ether oxygens (including phenoxy) is 1. The molecule has 0 spiro atoms. The van der Waals surface area contributed by atoms with Crippen LogP contribution in [-0.4, -0.2) is 40.5 Å². The van der Waals surface area contributed by atoms with E-state index in [0.717, 1.165) is 12.8 Å². The number of benzene rings is 1. The van der Waals surface area contributed by atoms with Gasteiger partial charge in [0.15, 0.2) is 5.58 Å². The van der Waals surface area contributed by atoms with Crippen molar-refractivity contribution in [3.05, 3.63) is 30.2 Å². The van der Waals surface area contributed by atoms with Crippen molar-refractivity contribution >= 4 is 23.0 Å². The Morgan fingerprint density at radius 1 is 1.25 bits per heavy atom. The van der Waals surface area contributed by atoms with E-state index in [1.165, 1.54) is 4.90 Å². The zero-order chi connectivity index (χ0) is 17.7. The monoisotopic (exact) mass is 332 g/mol. The van der Waals surface area contributed by atoms with Gasteiger partial charge in [0, 0.05) is 6.54 Å². The lowest BCUT2D eigenvalue weighted by Gasteiger charge is -2.26. The molecular formula is C18H24N2O4. The maximum absolute atomic E-state index is 12.5. The fourth-order valence-electron chi connectivity index (χ4n) is 2.14. The van der Waals surface area contributed by atoms with Gasteiger partial charge in [0.2, 0.25) is 5.78 Å². The summed E-state index contributed by atoms with van der Waals surface area (Å²) < 4.78 is 10.9. The fourth-order valence-corrected chi connectivity index (χ4v) is 2.14. The average molecular weight is 332 g/mol. The largest absolute Gasteiger partial charge is 0.444 e. The minimum atomic E-state index is -0.609. The lowest BCUT2D eigenvalue weighted by molar-refractivity contribution is 0.0243. The fraction of sp³-hybridized carbons (Fsp3) is 0.500. The standard InChI is InChI=1S/C18H24N2O4/c1-5-6-11-20(17(22)24-18(2,3)4)12-14(21)16-19-13-9-7-8-10-15(13)23-16/h7-10H,5-6,11-12H2,1-4H3. The van der Waals surface area contributed by atoms with E-state index in [4.69, 9.17) is 9.15 Å². The Balaban J connectivity index is 2.12. The molecule has 2 aromatic rings. The topological polar surface area (TPSA) is 72.6 Å². The summed E-state index contributed by atoms with van der Waals surface area (Å²) in [6.45, 7) is 7.76. The van der Waals surface area contributed by atoms with Gasteiger partial charge in [-0.15, -0.1) is 0 Å². The Morgan fingerprint density at radius 2 is 1.96 bits per heavy atom. The molecule has 1 aromatic heterocycles. The van der Waals surface area contributed by atoms with E-state index in [0.29, 0.717) is 17.6 Å². The van der Waals surface area contributed by atoms with Crippen molar-refractivity contribution in [2.45, 2.75) is 46.1 Å². The first-order valence-corrected chi connectivity index (χ1v) is 8.17. The van der Waals surface area contributed by atoms with Gasteiger partial charge in [-0.25, -0.2) is 9.78 Å². The molecule has 24 heavy (non-hydrogen) atoms. The van der Waals surface area contributed by atoms with Crippen LogP contribution in [0.5, 0.6) is 0 Å². The van der Waals surface area contributed by atoms with E-state index >= 15 is 0 Å². The second-order valence-electron chi connectivity index (χ2n) is 6.67. The molecule has 0 bridgehead atoms. The van der Waals surface area contributed by atoms with Crippen LogP contribution in [0.15, 0.2) is 28.7 Å². The van der Waals surface area contributed by atoms with Gasteiger partial charge in [-0.1, -0.05) is 25.5 Å². The van der Waals surface area contributed by atoms with Crippen LogP contribution in [0.25, 0.3) is 11.1 Å². The molecule has 0 N–H and O–H groups in total. The van der Waals surface area contributed by atoms with Crippen LogP contribution in [0, 0.1) is 0 Å². The third-order valence-electron chi connectivity index (χ3n) is 3.30. The first-order chi connectivity index (χ1) is 11.3. The zero-order valence-electron chi connectivity index (χ0n) is 14.7. The van der Waals surface area contributed by atoms with E-state index < -0.39 is 11.7 Å². The number of unbranched alkanes of at least 4 members (excludes halogenated alkanes) is 1. The van der Waals surface area contributed by atoms with E-state index in [9.17, 15) is 9.59 Å². The predicted molar refractivity (Wildman–Crippen MR) is 91.1 cm³/mol. The van der Waals surface area contributed by atoms with Crippen molar-refractivity contribution < 1.29 is 18.7 Å². The number of hydrogen-bond donors (Lipinski definition) is 0. The number of carbonyl (C=O) groups excluding carboxylic acids is 2. The number of Topliss-reactive ketones (excluding diaryl/α,β-unsaturated/α-hetero) is 1. The maximum atomic E-state index is 12.5. The van der Waals surface area contributed by atoms with E-state index in [1.54, 1.807) is 32.9 Å². The predicted octanol–water partition coefficient (Wildman–Crippen LogP) is 4.05. The van der Waals surface area contributed by atoms with Gasteiger partial charge in [-0.3, -0.25) is 4.79 Å². The van der Waals surface area contributed by atoms with Crippen LogP contribution in [0.4, 0.5) is 4.79 Å². The summed E-state index contributed by atoms with van der Waals surface area (Å²) in [5, 5.41) is 0. The Morgan fingerprint density at radius 3 is 2.58 bits per heavy atom. The quantitative estimate of drug-likeness (QED) is 0.746. The molecule has 0 unspecified atom stereocenters. The van der Waals surface area contributed by atoms with Crippen LogP contribution in [0.2, 0.25) is 0 Å². The van der Waals surface area contributed by atoms with Crippen LogP contribution < -0.4 is 0 Å². The van der Waals surface area contributed by atoms with E-state index in [2.05, 4.69) is 4.98 Å². The van der Waals surface area contributed by atoms with Gasteiger partial charge < -0.3 is 14.1 Å². The normalized spacial score (nSPS) is 11.5. The molecule has 1 heterocycles. The number of hydrogen-bond acceptors (Lipinski definition) is 5. The number of aromatic nitrogens is 1. The number of carbonyl (C=O) groups is 2. The minimum Gasteiger partial charge on any atom is -0.444 e. The highest BCUT2D eigenvalue weighted by Crippen LogP contribution is 2.16. The second kappa shape index (κ2) is 7.47. The first kappa shape index (κ1) is 18.0. The van der Waals surface area contributed by atoms with Gasteiger partial charge in [0.05, 0.1) is 6.54 Å². The molecule has 6 heteroatoms. The Kier molecular flexibility index (Phi) is 5.59. The molecule has 0 aliphatic heterocycles.